The first-order chi connectivity index (χ1) is 15.5. The molecule has 2 aromatic heterocycles. The number of pyridine rings is 1. The van der Waals surface area contributed by atoms with E-state index in [2.05, 4.69) is 37.3 Å². The van der Waals surface area contributed by atoms with Crippen molar-refractivity contribution in [2.75, 3.05) is 5.73 Å². The summed E-state index contributed by atoms with van der Waals surface area (Å²) in [5.41, 5.74) is 12.7. The number of ketones is 1. The van der Waals surface area contributed by atoms with Crippen LogP contribution in [0, 0.1) is 6.92 Å². The molecule has 0 aliphatic rings. The van der Waals surface area contributed by atoms with Gasteiger partial charge in [-0.3, -0.25) is 4.79 Å². The predicted octanol–water partition coefficient (Wildman–Crippen LogP) is 7.41. The van der Waals surface area contributed by atoms with Crippen LogP contribution in [0.2, 0.25) is 5.02 Å². The largest absolute Gasteiger partial charge is 0.397 e. The number of aromatic nitrogens is 1. The molecule has 32 heavy (non-hydrogen) atoms. The Hall–Kier alpha value is -3.47. The zero-order valence-corrected chi connectivity index (χ0v) is 18.9. The van der Waals surface area contributed by atoms with Gasteiger partial charge < -0.3 is 5.73 Å². The van der Waals surface area contributed by atoms with E-state index in [4.69, 9.17) is 22.3 Å². The summed E-state index contributed by atoms with van der Waals surface area (Å²) in [4.78, 5) is 19.4. The normalized spacial score (nSPS) is 11.1. The highest BCUT2D eigenvalue weighted by Crippen LogP contribution is 2.42. The third-order valence-electron chi connectivity index (χ3n) is 5.44. The average Bonchev–Trinajstić information content (AvgIpc) is 3.16. The quantitative estimate of drug-likeness (QED) is 0.288. The summed E-state index contributed by atoms with van der Waals surface area (Å²) in [7, 11) is 0. The fraction of sp³-hybridized carbons (Fsp3) is 0.0370. The number of carbonyl (C=O) groups is 1. The summed E-state index contributed by atoms with van der Waals surface area (Å²) in [6.45, 7) is 2.06. The molecule has 0 saturated carbocycles. The van der Waals surface area contributed by atoms with Crippen LogP contribution >= 0.6 is 22.9 Å². The molecule has 0 saturated heterocycles. The number of hydrogen-bond acceptors (Lipinski definition) is 4. The molecule has 5 heteroatoms. The monoisotopic (exact) mass is 454 g/mol. The number of fused-ring (bicyclic) bond motifs is 1. The molecule has 0 spiro atoms. The van der Waals surface area contributed by atoms with E-state index in [-0.39, 0.29) is 5.78 Å². The third kappa shape index (κ3) is 3.68. The van der Waals surface area contributed by atoms with E-state index in [1.807, 2.05) is 30.3 Å². The maximum Gasteiger partial charge on any atom is 0.205 e. The first-order valence-corrected chi connectivity index (χ1v) is 11.4. The van der Waals surface area contributed by atoms with Crippen LogP contribution in [-0.4, -0.2) is 10.8 Å². The Balaban J connectivity index is 1.75. The maximum atomic E-state index is 13.3. The van der Waals surface area contributed by atoms with Crippen LogP contribution in [0.15, 0.2) is 84.9 Å². The van der Waals surface area contributed by atoms with Gasteiger partial charge in [-0.15, -0.1) is 11.3 Å². The van der Waals surface area contributed by atoms with E-state index >= 15 is 0 Å². The molecule has 0 amide bonds. The highest BCUT2D eigenvalue weighted by atomic mass is 35.5. The van der Waals surface area contributed by atoms with Crippen molar-refractivity contribution in [3.05, 3.63) is 106 Å². The number of anilines is 1. The number of carbonyl (C=O) groups excluding carboxylic acids is 1. The van der Waals surface area contributed by atoms with Crippen LogP contribution in [-0.2, 0) is 0 Å². The van der Waals surface area contributed by atoms with E-state index in [0.29, 0.717) is 21.2 Å². The number of nitrogen functional groups attached to an aromatic ring is 1. The number of nitrogens with zero attached hydrogens (tertiary/aromatic N) is 1. The Morgan fingerprint density at radius 1 is 0.906 bits per heavy atom. The fourth-order valence-corrected chi connectivity index (χ4v) is 4.95. The van der Waals surface area contributed by atoms with Crippen LogP contribution in [0.3, 0.4) is 0 Å². The Morgan fingerprint density at radius 3 is 2.28 bits per heavy atom. The predicted molar refractivity (Wildman–Crippen MR) is 135 cm³/mol. The highest BCUT2D eigenvalue weighted by molar-refractivity contribution is 7.21. The molecule has 2 N–H and O–H groups in total. The summed E-state index contributed by atoms with van der Waals surface area (Å²) in [6, 6.07) is 27.3. The lowest BCUT2D eigenvalue weighted by Gasteiger charge is -2.09. The molecule has 0 unspecified atom stereocenters. The lowest BCUT2D eigenvalue weighted by Crippen LogP contribution is -2.02. The minimum absolute atomic E-state index is 0.127. The van der Waals surface area contributed by atoms with Gasteiger partial charge in [0.2, 0.25) is 5.78 Å². The van der Waals surface area contributed by atoms with Crippen molar-refractivity contribution >= 4 is 44.6 Å². The van der Waals surface area contributed by atoms with Gasteiger partial charge in [-0.2, -0.15) is 0 Å². The second kappa shape index (κ2) is 8.23. The van der Waals surface area contributed by atoms with Crippen LogP contribution < -0.4 is 5.73 Å². The summed E-state index contributed by atoms with van der Waals surface area (Å²) >= 11 is 7.32. The minimum Gasteiger partial charge on any atom is -0.397 e. The van der Waals surface area contributed by atoms with Crippen molar-refractivity contribution < 1.29 is 4.79 Å². The van der Waals surface area contributed by atoms with E-state index < -0.39 is 0 Å². The molecule has 5 rings (SSSR count). The van der Waals surface area contributed by atoms with Crippen molar-refractivity contribution in [2.45, 2.75) is 6.92 Å². The van der Waals surface area contributed by atoms with Gasteiger partial charge in [-0.1, -0.05) is 71.8 Å². The summed E-state index contributed by atoms with van der Waals surface area (Å²) in [5, 5.41) is 1.40. The molecule has 156 valence electrons. The number of thiophene rings is 1. The maximum absolute atomic E-state index is 13.3. The van der Waals surface area contributed by atoms with Crippen LogP contribution in [0.4, 0.5) is 5.69 Å². The van der Waals surface area contributed by atoms with Gasteiger partial charge in [0.05, 0.1) is 11.4 Å². The van der Waals surface area contributed by atoms with E-state index in [1.54, 1.807) is 24.3 Å². The number of hydrogen-bond donors (Lipinski definition) is 1. The zero-order valence-electron chi connectivity index (χ0n) is 17.3. The summed E-state index contributed by atoms with van der Waals surface area (Å²) < 4.78 is 0. The smallest absolute Gasteiger partial charge is 0.205 e. The number of nitrogens with two attached hydrogens (primary N) is 1. The first kappa shape index (κ1) is 20.4. The van der Waals surface area contributed by atoms with Gasteiger partial charge >= 0.3 is 0 Å². The Morgan fingerprint density at radius 2 is 1.59 bits per heavy atom. The van der Waals surface area contributed by atoms with Gasteiger partial charge in [0, 0.05) is 21.5 Å². The minimum atomic E-state index is -0.127. The van der Waals surface area contributed by atoms with E-state index in [9.17, 15) is 4.79 Å². The lowest BCUT2D eigenvalue weighted by atomic mass is 9.98. The van der Waals surface area contributed by atoms with Gasteiger partial charge in [-0.25, -0.2) is 4.98 Å². The molecular formula is C27H19ClN2OS. The van der Waals surface area contributed by atoms with Crippen molar-refractivity contribution in [3.8, 4) is 22.4 Å². The molecule has 0 aliphatic heterocycles. The molecular weight excluding hydrogens is 436 g/mol. The number of aryl methyl sites for hydroxylation is 1. The summed E-state index contributed by atoms with van der Waals surface area (Å²) in [6.07, 6.45) is 0. The average molecular weight is 455 g/mol. The van der Waals surface area contributed by atoms with Crippen molar-refractivity contribution in [1.82, 2.24) is 4.98 Å². The van der Waals surface area contributed by atoms with Crippen LogP contribution in [0.1, 0.15) is 20.8 Å². The topological polar surface area (TPSA) is 56.0 Å². The molecule has 0 atom stereocenters. The van der Waals surface area contributed by atoms with Crippen molar-refractivity contribution in [1.29, 1.82) is 0 Å². The molecule has 0 radical (unpaired) electrons. The standard InChI is InChI=1S/C27H19ClN2OS/c1-16-7-9-17(10-8-16)21-15-22(18-5-3-2-4-6-18)30-27-23(21)24(29)26(32-27)25(31)19-11-13-20(28)14-12-19/h2-15H,29H2,1H3. The van der Waals surface area contributed by atoms with Crippen LogP contribution in [0.25, 0.3) is 32.6 Å². The van der Waals surface area contributed by atoms with Gasteiger partial charge in [-0.05, 0) is 48.4 Å². The number of rotatable bonds is 4. The molecule has 0 bridgehead atoms. The fourth-order valence-electron chi connectivity index (χ4n) is 3.74. The van der Waals surface area contributed by atoms with Crippen LogP contribution in [0.5, 0.6) is 0 Å². The second-order valence-corrected chi connectivity index (χ2v) is 9.08. The molecule has 3 nitrogen and oxygen atoms in total. The van der Waals surface area contributed by atoms with Crippen molar-refractivity contribution in [3.63, 3.8) is 0 Å². The summed E-state index contributed by atoms with van der Waals surface area (Å²) in [5.74, 6) is -0.127. The van der Waals surface area contributed by atoms with E-state index in [1.165, 1.54) is 16.9 Å². The molecule has 0 fully saturated rings. The van der Waals surface area contributed by atoms with Gasteiger partial charge in [0.25, 0.3) is 0 Å². The first-order valence-electron chi connectivity index (χ1n) is 10.2. The number of halogens is 1. The second-order valence-electron chi connectivity index (χ2n) is 7.65. The molecule has 5 aromatic rings. The number of benzene rings is 3. The lowest BCUT2D eigenvalue weighted by molar-refractivity contribution is 0.104. The Bertz CT molecular complexity index is 1440. The van der Waals surface area contributed by atoms with Gasteiger partial charge in [0.1, 0.15) is 9.71 Å². The van der Waals surface area contributed by atoms with E-state index in [0.717, 1.165) is 32.6 Å². The van der Waals surface area contributed by atoms with Gasteiger partial charge in [0.15, 0.2) is 0 Å². The van der Waals surface area contributed by atoms with Crippen molar-refractivity contribution in [2.24, 2.45) is 0 Å². The highest BCUT2D eigenvalue weighted by Gasteiger charge is 2.22. The zero-order chi connectivity index (χ0) is 22.2. The Kier molecular flexibility index (Phi) is 5.25. The molecule has 0 aliphatic carbocycles. The molecule has 2 heterocycles. The molecule has 3 aromatic carbocycles. The Labute approximate surface area is 195 Å². The SMILES string of the molecule is Cc1ccc(-c2cc(-c3ccccc3)nc3sc(C(=O)c4ccc(Cl)cc4)c(N)c23)cc1. The third-order valence-corrected chi connectivity index (χ3v) is 6.79.